The molecule has 1 N–H and O–H groups in total. The molecule has 3 aromatic rings. The fourth-order valence-corrected chi connectivity index (χ4v) is 3.46. The van der Waals surface area contributed by atoms with Crippen molar-refractivity contribution >= 4 is 23.1 Å². The summed E-state index contributed by atoms with van der Waals surface area (Å²) in [5, 5.41) is 11.0. The number of hydrogen-bond acceptors (Lipinski definition) is 5. The van der Waals surface area contributed by atoms with Gasteiger partial charge in [0.1, 0.15) is 6.61 Å². The van der Waals surface area contributed by atoms with E-state index in [1.54, 1.807) is 23.5 Å². The molecule has 0 saturated heterocycles. The first-order valence-electron chi connectivity index (χ1n) is 8.53. The quantitative estimate of drug-likeness (QED) is 0.592. The number of carbonyl (C=O) groups excluding carboxylic acids is 1. The van der Waals surface area contributed by atoms with Crippen molar-refractivity contribution < 1.29 is 19.4 Å². The van der Waals surface area contributed by atoms with E-state index in [9.17, 15) is 9.59 Å². The van der Waals surface area contributed by atoms with E-state index in [0.29, 0.717) is 17.9 Å². The van der Waals surface area contributed by atoms with Gasteiger partial charge >= 0.3 is 5.97 Å². The van der Waals surface area contributed by atoms with E-state index in [-0.39, 0.29) is 18.0 Å². The SMILES string of the molecule is CCc1cc(-c2cccs2)nc(OCc2ccc(C(=O)O)cc2)c1C(C)=O. The van der Waals surface area contributed by atoms with Gasteiger partial charge in [-0.25, -0.2) is 9.78 Å². The Morgan fingerprint density at radius 1 is 1.19 bits per heavy atom. The van der Waals surface area contributed by atoms with Crippen molar-refractivity contribution in [1.29, 1.82) is 0 Å². The first kappa shape index (κ1) is 18.8. The van der Waals surface area contributed by atoms with Crippen molar-refractivity contribution in [3.8, 4) is 16.5 Å². The highest BCUT2D eigenvalue weighted by atomic mass is 32.1. The van der Waals surface area contributed by atoms with Gasteiger partial charge in [-0.3, -0.25) is 4.79 Å². The van der Waals surface area contributed by atoms with E-state index >= 15 is 0 Å². The smallest absolute Gasteiger partial charge is 0.335 e. The van der Waals surface area contributed by atoms with Crippen LogP contribution in [0.1, 0.15) is 45.7 Å². The molecule has 1 aromatic carbocycles. The van der Waals surface area contributed by atoms with E-state index in [1.807, 2.05) is 30.5 Å². The molecule has 0 aliphatic rings. The second kappa shape index (κ2) is 8.14. The second-order valence-electron chi connectivity index (χ2n) is 6.02. The van der Waals surface area contributed by atoms with Crippen molar-refractivity contribution in [2.45, 2.75) is 26.9 Å². The average molecular weight is 381 g/mol. The Labute approximate surface area is 161 Å². The van der Waals surface area contributed by atoms with Crippen molar-refractivity contribution in [2.75, 3.05) is 0 Å². The first-order valence-corrected chi connectivity index (χ1v) is 9.41. The molecule has 0 amide bonds. The van der Waals surface area contributed by atoms with E-state index in [1.165, 1.54) is 19.1 Å². The number of hydrogen-bond donors (Lipinski definition) is 1. The molecule has 0 unspecified atom stereocenters. The van der Waals surface area contributed by atoms with Crippen molar-refractivity contribution in [2.24, 2.45) is 0 Å². The highest BCUT2D eigenvalue weighted by Gasteiger charge is 2.18. The topological polar surface area (TPSA) is 76.5 Å². The van der Waals surface area contributed by atoms with Crippen LogP contribution in [-0.4, -0.2) is 21.8 Å². The molecule has 6 heteroatoms. The molecule has 27 heavy (non-hydrogen) atoms. The van der Waals surface area contributed by atoms with Gasteiger partial charge in [0.15, 0.2) is 5.78 Å². The highest BCUT2D eigenvalue weighted by Crippen LogP contribution is 2.30. The maximum Gasteiger partial charge on any atom is 0.335 e. The van der Waals surface area contributed by atoms with Gasteiger partial charge in [0.2, 0.25) is 5.88 Å². The number of rotatable bonds is 7. The van der Waals surface area contributed by atoms with Gasteiger partial charge in [0, 0.05) is 0 Å². The molecule has 2 aromatic heterocycles. The Kier molecular flexibility index (Phi) is 5.66. The molecule has 3 rings (SSSR count). The summed E-state index contributed by atoms with van der Waals surface area (Å²) in [6.45, 7) is 3.70. The first-order chi connectivity index (χ1) is 13.0. The number of carbonyl (C=O) groups is 2. The molecule has 0 spiro atoms. The van der Waals surface area contributed by atoms with Crippen LogP contribution in [0.3, 0.4) is 0 Å². The van der Waals surface area contributed by atoms with E-state index in [0.717, 1.165) is 21.7 Å². The third-order valence-electron chi connectivity index (χ3n) is 4.15. The maximum atomic E-state index is 12.2. The fourth-order valence-electron chi connectivity index (χ4n) is 2.78. The number of carboxylic acid groups (broad SMARTS) is 1. The summed E-state index contributed by atoms with van der Waals surface area (Å²) in [5.74, 6) is -0.750. The molecule has 0 fully saturated rings. The molecule has 0 atom stereocenters. The number of aromatic carboxylic acids is 1. The van der Waals surface area contributed by atoms with E-state index < -0.39 is 5.97 Å². The third kappa shape index (κ3) is 4.23. The molecule has 138 valence electrons. The zero-order valence-electron chi connectivity index (χ0n) is 15.1. The summed E-state index contributed by atoms with van der Waals surface area (Å²) >= 11 is 1.58. The van der Waals surface area contributed by atoms with Crippen LogP contribution < -0.4 is 4.74 Å². The minimum Gasteiger partial charge on any atom is -0.478 e. The molecule has 0 aliphatic carbocycles. The van der Waals surface area contributed by atoms with Crippen molar-refractivity contribution in [1.82, 2.24) is 4.98 Å². The van der Waals surface area contributed by atoms with Crippen LogP contribution in [0.4, 0.5) is 0 Å². The molecule has 0 bridgehead atoms. The number of ketones is 1. The van der Waals surface area contributed by atoms with Crippen LogP contribution >= 0.6 is 11.3 Å². The third-order valence-corrected chi connectivity index (χ3v) is 5.04. The van der Waals surface area contributed by atoms with Crippen LogP contribution in [-0.2, 0) is 13.0 Å². The van der Waals surface area contributed by atoms with Crippen molar-refractivity contribution in [3.05, 3.63) is 70.1 Å². The summed E-state index contributed by atoms with van der Waals surface area (Å²) in [5.41, 5.74) is 3.20. The molecule has 0 saturated carbocycles. The van der Waals surface area contributed by atoms with Crippen LogP contribution in [0.25, 0.3) is 10.6 Å². The Hall–Kier alpha value is -2.99. The predicted octanol–water partition coefficient (Wildman–Crippen LogP) is 4.85. The van der Waals surface area contributed by atoms with Crippen LogP contribution in [0, 0.1) is 0 Å². The van der Waals surface area contributed by atoms with Gasteiger partial charge in [-0.15, -0.1) is 11.3 Å². The summed E-state index contributed by atoms with van der Waals surface area (Å²) in [7, 11) is 0. The van der Waals surface area contributed by atoms with Crippen molar-refractivity contribution in [3.63, 3.8) is 0 Å². The second-order valence-corrected chi connectivity index (χ2v) is 6.97. The number of pyridine rings is 1. The summed E-state index contributed by atoms with van der Waals surface area (Å²) in [6.07, 6.45) is 0.694. The monoisotopic (exact) mass is 381 g/mol. The van der Waals surface area contributed by atoms with E-state index in [2.05, 4.69) is 4.98 Å². The Balaban J connectivity index is 1.93. The molecule has 5 nitrogen and oxygen atoms in total. The number of nitrogens with zero attached hydrogens (tertiary/aromatic N) is 1. The lowest BCUT2D eigenvalue weighted by atomic mass is 10.0. The van der Waals surface area contributed by atoms with Gasteiger partial charge in [0.05, 0.1) is 21.7 Å². The van der Waals surface area contributed by atoms with Gasteiger partial charge in [-0.2, -0.15) is 0 Å². The number of ether oxygens (including phenoxy) is 1. The van der Waals surface area contributed by atoms with Crippen LogP contribution in [0.15, 0.2) is 47.8 Å². The molecule has 0 radical (unpaired) electrons. The predicted molar refractivity (Wildman–Crippen MR) is 105 cm³/mol. The minimum absolute atomic E-state index is 0.0895. The van der Waals surface area contributed by atoms with Gasteiger partial charge in [0.25, 0.3) is 0 Å². The molecule has 0 aliphatic heterocycles. The number of carboxylic acids is 1. The normalized spacial score (nSPS) is 10.6. The molecule has 2 heterocycles. The largest absolute Gasteiger partial charge is 0.478 e. The number of aryl methyl sites for hydroxylation is 1. The lowest BCUT2D eigenvalue weighted by molar-refractivity contribution is 0.0696. The van der Waals surface area contributed by atoms with Gasteiger partial charge in [-0.1, -0.05) is 25.1 Å². The van der Waals surface area contributed by atoms with Gasteiger partial charge in [-0.05, 0) is 54.1 Å². The minimum atomic E-state index is -0.973. The summed E-state index contributed by atoms with van der Waals surface area (Å²) in [6, 6.07) is 12.3. The summed E-state index contributed by atoms with van der Waals surface area (Å²) in [4.78, 5) is 28.7. The van der Waals surface area contributed by atoms with Crippen LogP contribution in [0.5, 0.6) is 5.88 Å². The van der Waals surface area contributed by atoms with Crippen LogP contribution in [0.2, 0.25) is 0 Å². The Morgan fingerprint density at radius 2 is 1.93 bits per heavy atom. The average Bonchev–Trinajstić information content (AvgIpc) is 3.20. The molecular weight excluding hydrogens is 362 g/mol. The Bertz CT molecular complexity index is 963. The number of Topliss-reactive ketones (excluding diaryl/α,β-unsaturated/α-hetero) is 1. The number of aromatic nitrogens is 1. The standard InChI is InChI=1S/C21H19NO4S/c1-3-15-11-17(18-5-4-10-27-18)22-20(19(15)13(2)23)26-12-14-6-8-16(9-7-14)21(24)25/h4-11H,3,12H2,1-2H3,(H,24,25). The zero-order valence-corrected chi connectivity index (χ0v) is 15.9. The maximum absolute atomic E-state index is 12.2. The Morgan fingerprint density at radius 3 is 2.48 bits per heavy atom. The number of thiophene rings is 1. The zero-order chi connectivity index (χ0) is 19.4. The lowest BCUT2D eigenvalue weighted by Gasteiger charge is -2.14. The summed E-state index contributed by atoms with van der Waals surface area (Å²) < 4.78 is 5.89. The highest BCUT2D eigenvalue weighted by molar-refractivity contribution is 7.13. The van der Waals surface area contributed by atoms with E-state index in [4.69, 9.17) is 9.84 Å². The number of benzene rings is 1. The molecular formula is C21H19NO4S. The van der Waals surface area contributed by atoms with Gasteiger partial charge < -0.3 is 9.84 Å². The lowest BCUT2D eigenvalue weighted by Crippen LogP contribution is -2.08. The fraction of sp³-hybridized carbons (Fsp3) is 0.190.